The van der Waals surface area contributed by atoms with Gasteiger partial charge in [0.15, 0.2) is 0 Å². The molecular weight excluding hydrogens is 272 g/mol. The molecule has 4 nitrogen and oxygen atoms in total. The van der Waals surface area contributed by atoms with E-state index in [1.54, 1.807) is 0 Å². The Morgan fingerprint density at radius 3 is 2.50 bits per heavy atom. The Labute approximate surface area is 136 Å². The highest BCUT2D eigenvalue weighted by Gasteiger charge is 2.23. The largest absolute Gasteiger partial charge is 0.364 e. The summed E-state index contributed by atoms with van der Waals surface area (Å²) in [6.07, 6.45) is 10.6. The summed E-state index contributed by atoms with van der Waals surface area (Å²) in [5.41, 5.74) is 7.82. The molecule has 1 saturated heterocycles. The van der Waals surface area contributed by atoms with E-state index in [9.17, 15) is 0 Å². The Balaban J connectivity index is 0.000000295. The van der Waals surface area contributed by atoms with Crippen molar-refractivity contribution in [2.45, 2.75) is 47.2 Å². The van der Waals surface area contributed by atoms with E-state index in [-0.39, 0.29) is 5.41 Å². The highest BCUT2D eigenvalue weighted by atomic mass is 15.2. The Kier molecular flexibility index (Phi) is 7.69. The first kappa shape index (κ1) is 18.8. The van der Waals surface area contributed by atoms with Gasteiger partial charge in [0.25, 0.3) is 0 Å². The molecule has 2 unspecified atom stereocenters. The van der Waals surface area contributed by atoms with E-state index in [0.717, 1.165) is 19.6 Å². The number of hydrogen-bond donors (Lipinski definition) is 4. The molecule has 2 rings (SSSR count). The van der Waals surface area contributed by atoms with Gasteiger partial charge in [-0.25, -0.2) is 0 Å². The summed E-state index contributed by atoms with van der Waals surface area (Å²) in [5.74, 6) is 0.488. The van der Waals surface area contributed by atoms with Gasteiger partial charge in [-0.2, -0.15) is 0 Å². The van der Waals surface area contributed by atoms with Gasteiger partial charge >= 0.3 is 0 Å². The minimum Gasteiger partial charge on any atom is -0.364 e. The van der Waals surface area contributed by atoms with Gasteiger partial charge in [-0.1, -0.05) is 45.9 Å². The fourth-order valence-corrected chi connectivity index (χ4v) is 2.46. The molecule has 1 aliphatic heterocycles. The van der Waals surface area contributed by atoms with Gasteiger partial charge in [0.2, 0.25) is 0 Å². The average molecular weight is 306 g/mol. The molecule has 2 atom stereocenters. The van der Waals surface area contributed by atoms with Crippen LogP contribution in [0.3, 0.4) is 0 Å². The van der Waals surface area contributed by atoms with Crippen molar-refractivity contribution < 1.29 is 0 Å². The zero-order valence-electron chi connectivity index (χ0n) is 14.9. The number of rotatable bonds is 4. The standard InChI is InChI=1S/C13H20N2.C5H14N2/c1-9-5-6-13(3,4)8-12-11(7-9)14-10(2)15-12;1-2-4-7-5-3-6/h5-10,14-15H,1-4H3;7H,2-6H2,1H3/b6-5-,11-7+,12-8+;. The summed E-state index contributed by atoms with van der Waals surface area (Å²) in [4.78, 5) is 0. The molecule has 0 spiro atoms. The summed E-state index contributed by atoms with van der Waals surface area (Å²) in [6.45, 7) is 13.8. The van der Waals surface area contributed by atoms with Crippen molar-refractivity contribution in [3.63, 3.8) is 0 Å². The third-order valence-corrected chi connectivity index (χ3v) is 3.56. The number of fused-ring (bicyclic) bond motifs is 1. The van der Waals surface area contributed by atoms with Crippen LogP contribution >= 0.6 is 0 Å². The molecule has 5 N–H and O–H groups in total. The molecular formula is C18H34N4. The van der Waals surface area contributed by atoms with Gasteiger partial charge in [0.05, 0.1) is 17.6 Å². The van der Waals surface area contributed by atoms with Crippen molar-refractivity contribution in [1.29, 1.82) is 0 Å². The first-order valence-corrected chi connectivity index (χ1v) is 8.46. The normalized spacial score (nSPS) is 31.5. The second-order valence-electron chi connectivity index (χ2n) is 6.73. The van der Waals surface area contributed by atoms with Crippen molar-refractivity contribution in [2.75, 3.05) is 19.6 Å². The van der Waals surface area contributed by atoms with Crippen LogP contribution in [0.1, 0.15) is 41.0 Å². The van der Waals surface area contributed by atoms with Crippen LogP contribution in [-0.4, -0.2) is 25.8 Å². The minimum atomic E-state index is 0.127. The van der Waals surface area contributed by atoms with Gasteiger partial charge in [-0.3, -0.25) is 0 Å². The minimum absolute atomic E-state index is 0.127. The van der Waals surface area contributed by atoms with Crippen LogP contribution in [0.15, 0.2) is 35.7 Å². The summed E-state index contributed by atoms with van der Waals surface area (Å²) in [7, 11) is 0. The molecule has 4 heteroatoms. The molecule has 0 aromatic rings. The Morgan fingerprint density at radius 2 is 1.86 bits per heavy atom. The zero-order valence-corrected chi connectivity index (χ0v) is 14.9. The first-order valence-electron chi connectivity index (χ1n) is 8.46. The van der Waals surface area contributed by atoms with Crippen molar-refractivity contribution in [1.82, 2.24) is 16.0 Å². The SMILES string of the molecule is CC1/C=C\C(C)(C)/C=C2/NC(C)N/C2=C/1.CCCNCCN. The molecule has 0 bridgehead atoms. The van der Waals surface area contributed by atoms with Gasteiger partial charge in [-0.15, -0.1) is 0 Å². The van der Waals surface area contributed by atoms with Gasteiger partial charge < -0.3 is 21.7 Å². The van der Waals surface area contributed by atoms with E-state index in [0.29, 0.717) is 12.1 Å². The van der Waals surface area contributed by atoms with Crippen LogP contribution in [-0.2, 0) is 0 Å². The van der Waals surface area contributed by atoms with E-state index in [1.807, 2.05) is 0 Å². The quantitative estimate of drug-likeness (QED) is 0.476. The molecule has 1 heterocycles. The second kappa shape index (κ2) is 9.01. The lowest BCUT2D eigenvalue weighted by atomic mass is 9.88. The Bertz CT molecular complexity index is 417. The Morgan fingerprint density at radius 1 is 1.18 bits per heavy atom. The zero-order chi connectivity index (χ0) is 16.6. The van der Waals surface area contributed by atoms with Crippen LogP contribution in [0.4, 0.5) is 0 Å². The van der Waals surface area contributed by atoms with E-state index in [4.69, 9.17) is 5.73 Å². The summed E-state index contributed by atoms with van der Waals surface area (Å²) in [6, 6.07) is 0. The van der Waals surface area contributed by atoms with Crippen LogP contribution in [0.5, 0.6) is 0 Å². The molecule has 2 aliphatic rings. The summed E-state index contributed by atoms with van der Waals surface area (Å²) >= 11 is 0. The lowest BCUT2D eigenvalue weighted by molar-refractivity contribution is 0.599. The molecule has 0 amide bonds. The lowest BCUT2D eigenvalue weighted by Gasteiger charge is -2.19. The van der Waals surface area contributed by atoms with Crippen LogP contribution in [0.25, 0.3) is 0 Å². The maximum absolute atomic E-state index is 5.21. The van der Waals surface area contributed by atoms with E-state index in [2.05, 4.69) is 74.9 Å². The van der Waals surface area contributed by atoms with Crippen molar-refractivity contribution in [2.24, 2.45) is 17.1 Å². The molecule has 0 radical (unpaired) electrons. The summed E-state index contributed by atoms with van der Waals surface area (Å²) in [5, 5.41) is 10.0. The maximum Gasteiger partial charge on any atom is 0.0935 e. The topological polar surface area (TPSA) is 62.1 Å². The third-order valence-electron chi connectivity index (χ3n) is 3.56. The number of allylic oxidation sites excluding steroid dienone is 4. The van der Waals surface area contributed by atoms with E-state index < -0.39 is 0 Å². The smallest absolute Gasteiger partial charge is 0.0935 e. The lowest BCUT2D eigenvalue weighted by Crippen LogP contribution is -2.26. The van der Waals surface area contributed by atoms with Crippen LogP contribution in [0, 0.1) is 11.3 Å². The van der Waals surface area contributed by atoms with Gasteiger partial charge in [-0.05, 0) is 31.9 Å². The molecule has 0 aromatic carbocycles. The molecule has 22 heavy (non-hydrogen) atoms. The highest BCUT2D eigenvalue weighted by Crippen LogP contribution is 2.28. The maximum atomic E-state index is 5.21. The number of nitrogens with two attached hydrogens (primary N) is 1. The molecule has 1 fully saturated rings. The molecule has 0 aromatic heterocycles. The molecule has 0 saturated carbocycles. The fourth-order valence-electron chi connectivity index (χ4n) is 2.46. The van der Waals surface area contributed by atoms with E-state index in [1.165, 1.54) is 17.8 Å². The highest BCUT2D eigenvalue weighted by molar-refractivity contribution is 5.37. The predicted octanol–water partition coefficient (Wildman–Crippen LogP) is 2.47. The third kappa shape index (κ3) is 6.67. The van der Waals surface area contributed by atoms with Crippen molar-refractivity contribution in [3.8, 4) is 0 Å². The molecule has 1 aliphatic carbocycles. The first-order chi connectivity index (χ1) is 10.4. The summed E-state index contributed by atoms with van der Waals surface area (Å²) < 4.78 is 0. The fraction of sp³-hybridized carbons (Fsp3) is 0.667. The predicted molar refractivity (Wildman–Crippen MR) is 96.2 cm³/mol. The number of hydrogen-bond acceptors (Lipinski definition) is 4. The second-order valence-corrected chi connectivity index (χ2v) is 6.73. The average Bonchev–Trinajstić information content (AvgIpc) is 2.76. The van der Waals surface area contributed by atoms with Crippen molar-refractivity contribution in [3.05, 3.63) is 35.7 Å². The van der Waals surface area contributed by atoms with Crippen LogP contribution < -0.4 is 21.7 Å². The van der Waals surface area contributed by atoms with Gasteiger partial charge in [0.1, 0.15) is 0 Å². The van der Waals surface area contributed by atoms with Gasteiger partial charge in [0, 0.05) is 18.5 Å². The number of nitrogens with one attached hydrogen (secondary N) is 3. The van der Waals surface area contributed by atoms with Crippen molar-refractivity contribution >= 4 is 0 Å². The van der Waals surface area contributed by atoms with Crippen LogP contribution in [0.2, 0.25) is 0 Å². The monoisotopic (exact) mass is 306 g/mol. The molecule has 126 valence electrons. The van der Waals surface area contributed by atoms with E-state index >= 15 is 0 Å². The Hall–Kier alpha value is -1.26.